The molecule has 4 aromatic rings. The molecule has 0 fully saturated rings. The molecule has 1 heterocycles. The molecule has 10 heteroatoms. The maximum absolute atomic E-state index is 12.5. The number of aryl methyl sites for hydroxylation is 4. The van der Waals surface area contributed by atoms with Crippen LogP contribution in [0.15, 0.2) is 110 Å². The van der Waals surface area contributed by atoms with Crippen molar-refractivity contribution in [2.75, 3.05) is 0 Å². The zero-order valence-electron chi connectivity index (χ0n) is 25.6. The Hall–Kier alpha value is -4.61. The smallest absolute Gasteiger partial charge is 0.295 e. The van der Waals surface area contributed by atoms with Crippen LogP contribution in [0.1, 0.15) is 33.4 Å². The van der Waals surface area contributed by atoms with E-state index in [4.69, 9.17) is 9.41 Å². The van der Waals surface area contributed by atoms with Crippen LogP contribution in [0.2, 0.25) is 0 Å². The molecule has 2 aliphatic rings. The topological polar surface area (TPSA) is 134 Å². The van der Waals surface area contributed by atoms with Gasteiger partial charge in [-0.05, 0) is 104 Å². The lowest BCUT2D eigenvalue weighted by molar-refractivity contribution is 0.481. The highest BCUT2D eigenvalue weighted by atomic mass is 32.2. The fourth-order valence-electron chi connectivity index (χ4n) is 5.99. The maximum Gasteiger partial charge on any atom is 0.295 e. The van der Waals surface area contributed by atoms with Crippen LogP contribution in [0.3, 0.4) is 0 Å². The summed E-state index contributed by atoms with van der Waals surface area (Å²) in [6, 6.07) is 26.4. The van der Waals surface area contributed by atoms with Crippen LogP contribution in [0, 0.1) is 27.7 Å². The molecule has 0 aromatic heterocycles. The zero-order valence-corrected chi connectivity index (χ0v) is 27.2. The Morgan fingerprint density at radius 1 is 0.674 bits per heavy atom. The maximum atomic E-state index is 12.5. The Morgan fingerprint density at radius 3 is 2.00 bits per heavy atom. The van der Waals surface area contributed by atoms with Gasteiger partial charge < -0.3 is 4.42 Å². The van der Waals surface area contributed by atoms with Crippen LogP contribution >= 0.6 is 0 Å². The molecule has 1 aliphatic carbocycles. The average molecular weight is 654 g/mol. The summed E-state index contributed by atoms with van der Waals surface area (Å²) in [5.41, 5.74) is 8.29. The quantitative estimate of drug-likeness (QED) is 0.139. The molecule has 0 atom stereocenters. The number of hydrogen-bond acceptors (Lipinski definition) is 6. The molecule has 6 rings (SSSR count). The van der Waals surface area contributed by atoms with Crippen molar-refractivity contribution in [1.29, 1.82) is 0 Å². The average Bonchev–Trinajstić information content (AvgIpc) is 2.98. The van der Waals surface area contributed by atoms with Crippen molar-refractivity contribution in [1.82, 2.24) is 0 Å². The van der Waals surface area contributed by atoms with Gasteiger partial charge in [-0.25, -0.2) is 4.99 Å². The van der Waals surface area contributed by atoms with Crippen molar-refractivity contribution in [3.8, 4) is 22.5 Å². The lowest BCUT2D eigenvalue weighted by atomic mass is 9.91. The molecular weight excluding hydrogens is 623 g/mol. The minimum atomic E-state index is -4.56. The molecule has 0 radical (unpaired) electrons. The third-order valence-corrected chi connectivity index (χ3v) is 9.98. The first kappa shape index (κ1) is 31.4. The van der Waals surface area contributed by atoms with E-state index in [0.29, 0.717) is 62.0 Å². The van der Waals surface area contributed by atoms with Crippen molar-refractivity contribution in [3.05, 3.63) is 130 Å². The van der Waals surface area contributed by atoms with Crippen molar-refractivity contribution < 1.29 is 30.4 Å². The van der Waals surface area contributed by atoms with E-state index in [1.54, 1.807) is 50.2 Å². The molecule has 0 bridgehead atoms. The van der Waals surface area contributed by atoms with Crippen LogP contribution in [0.4, 0.5) is 5.69 Å². The highest BCUT2D eigenvalue weighted by Gasteiger charge is 2.24. The first-order chi connectivity index (χ1) is 21.7. The molecule has 0 spiro atoms. The molecule has 2 N–H and O–H groups in total. The number of rotatable bonds is 6. The Morgan fingerprint density at radius 2 is 1.35 bits per heavy atom. The molecule has 8 nitrogen and oxygen atoms in total. The van der Waals surface area contributed by atoms with Gasteiger partial charge >= 0.3 is 0 Å². The van der Waals surface area contributed by atoms with Gasteiger partial charge in [0.1, 0.15) is 16.2 Å². The predicted molar refractivity (Wildman–Crippen MR) is 178 cm³/mol. The fourth-order valence-corrected chi connectivity index (χ4v) is 7.34. The molecule has 1 aliphatic heterocycles. The second-order valence-corrected chi connectivity index (χ2v) is 14.3. The van der Waals surface area contributed by atoms with E-state index in [2.05, 4.69) is 26.0 Å². The van der Waals surface area contributed by atoms with E-state index >= 15 is 0 Å². The molecule has 234 valence electrons. The number of benzene rings is 5. The molecule has 0 unspecified atom stereocenters. The van der Waals surface area contributed by atoms with Gasteiger partial charge in [0.15, 0.2) is 0 Å². The first-order valence-corrected chi connectivity index (χ1v) is 17.3. The number of fused-ring (bicyclic) bond motifs is 2. The second kappa shape index (κ2) is 11.6. The van der Waals surface area contributed by atoms with Gasteiger partial charge in [0.05, 0.1) is 15.9 Å². The summed E-state index contributed by atoms with van der Waals surface area (Å²) in [4.78, 5) is 4.35. The van der Waals surface area contributed by atoms with E-state index in [9.17, 15) is 25.9 Å². The van der Waals surface area contributed by atoms with E-state index in [1.807, 2.05) is 24.3 Å². The summed E-state index contributed by atoms with van der Waals surface area (Å²) < 4.78 is 74.6. The molecule has 0 saturated carbocycles. The summed E-state index contributed by atoms with van der Waals surface area (Å²) >= 11 is 0. The van der Waals surface area contributed by atoms with Crippen LogP contribution in [-0.2, 0) is 26.7 Å². The Bertz CT molecular complexity index is 2400. The van der Waals surface area contributed by atoms with E-state index < -0.39 is 20.2 Å². The van der Waals surface area contributed by atoms with Crippen LogP contribution in [0.5, 0.6) is 0 Å². The van der Waals surface area contributed by atoms with Gasteiger partial charge in [0.25, 0.3) is 20.2 Å². The van der Waals surface area contributed by atoms with E-state index in [0.717, 1.165) is 5.56 Å². The molecule has 0 amide bonds. The van der Waals surface area contributed by atoms with Crippen LogP contribution in [0.25, 0.3) is 33.4 Å². The van der Waals surface area contributed by atoms with Crippen molar-refractivity contribution in [2.24, 2.45) is 4.99 Å². The summed E-state index contributed by atoms with van der Waals surface area (Å²) in [6.07, 6.45) is 0.673. The Balaban J connectivity index is 1.61. The molecule has 0 saturated heterocycles. The summed E-state index contributed by atoms with van der Waals surface area (Å²) in [5.74, 6) is 0.433. The van der Waals surface area contributed by atoms with Gasteiger partial charge in [-0.1, -0.05) is 48.5 Å². The highest BCUT2D eigenvalue weighted by Crippen LogP contribution is 2.42. The Kier molecular flexibility index (Phi) is 7.94. The monoisotopic (exact) mass is 653 g/mol. The van der Waals surface area contributed by atoms with Gasteiger partial charge in [0.2, 0.25) is 0 Å². The van der Waals surface area contributed by atoms with Crippen LogP contribution < -0.4 is 5.36 Å². The lowest BCUT2D eigenvalue weighted by Crippen LogP contribution is -2.05. The minimum absolute atomic E-state index is 0.208. The SMILES string of the molecule is Cc1cccc(C)c1Cc1ccc2c(-c3ccccc3S(=O)(=O)O)c3ccc(=Nc4c(C)cc(S(=O)(=O)O)cc4C)cc-3oc2c1. The number of hydrogen-bond donors (Lipinski definition) is 2. The zero-order chi connectivity index (χ0) is 33.0. The van der Waals surface area contributed by atoms with Crippen molar-refractivity contribution >= 4 is 36.9 Å². The normalized spacial score (nSPS) is 12.7. The van der Waals surface area contributed by atoms with E-state index in [1.165, 1.54) is 34.9 Å². The minimum Gasteiger partial charge on any atom is -0.456 e. The summed E-state index contributed by atoms with van der Waals surface area (Å²) in [7, 11) is -8.94. The second-order valence-electron chi connectivity index (χ2n) is 11.5. The number of nitrogens with zero attached hydrogens (tertiary/aromatic N) is 1. The molecular formula is C36H31NO7S2. The molecule has 46 heavy (non-hydrogen) atoms. The van der Waals surface area contributed by atoms with Gasteiger partial charge in [-0.3, -0.25) is 9.11 Å². The summed E-state index contributed by atoms with van der Waals surface area (Å²) in [5, 5.41) is 1.19. The standard InChI is InChI=1S/C36H31NO7S2/c1-21-8-7-9-22(2)31(21)18-25-12-14-28-32(19-25)44-33-20-26(37-36-23(3)16-27(17-24(36)4)45(38,39)40)13-15-29(33)35(28)30-10-5-6-11-34(30)46(41,42)43/h5-17,19-20H,18H2,1-4H3,(H,38,39,40)(H,41,42,43). The van der Waals surface area contributed by atoms with Gasteiger partial charge in [-0.15, -0.1) is 0 Å². The Labute approximate surface area is 267 Å². The largest absolute Gasteiger partial charge is 0.456 e. The van der Waals surface area contributed by atoms with Crippen molar-refractivity contribution in [3.63, 3.8) is 0 Å². The van der Waals surface area contributed by atoms with Gasteiger partial charge in [-0.2, -0.15) is 16.8 Å². The third-order valence-electron chi connectivity index (χ3n) is 8.23. The fraction of sp³-hybridized carbons (Fsp3) is 0.139. The predicted octanol–water partition coefficient (Wildman–Crippen LogP) is 7.75. The summed E-state index contributed by atoms with van der Waals surface area (Å²) in [6.45, 7) is 7.58. The first-order valence-electron chi connectivity index (χ1n) is 14.5. The lowest BCUT2D eigenvalue weighted by Gasteiger charge is -2.18. The molecule has 4 aromatic carbocycles. The van der Waals surface area contributed by atoms with E-state index in [-0.39, 0.29) is 9.79 Å². The highest BCUT2D eigenvalue weighted by molar-refractivity contribution is 7.86. The van der Waals surface area contributed by atoms with Gasteiger partial charge in [0, 0.05) is 28.1 Å². The van der Waals surface area contributed by atoms with Crippen molar-refractivity contribution in [2.45, 2.75) is 43.9 Å². The third kappa shape index (κ3) is 6.00. The van der Waals surface area contributed by atoms with Crippen LogP contribution in [-0.4, -0.2) is 25.9 Å².